The summed E-state index contributed by atoms with van der Waals surface area (Å²) >= 11 is 0. The molecule has 8 heteroatoms. The molecule has 0 aliphatic heterocycles. The van der Waals surface area contributed by atoms with Crippen LogP contribution in [-0.4, -0.2) is 21.1 Å². The number of anilines is 1. The van der Waals surface area contributed by atoms with Crippen LogP contribution < -0.4 is 15.2 Å². The summed E-state index contributed by atoms with van der Waals surface area (Å²) in [5, 5.41) is 8.11. The maximum atomic E-state index is 13.1. The molecule has 0 fully saturated rings. The summed E-state index contributed by atoms with van der Waals surface area (Å²) < 4.78 is 53.8. The second kappa shape index (κ2) is 6.93. The van der Waals surface area contributed by atoms with Crippen LogP contribution >= 0.6 is 0 Å². The third-order valence-corrected chi connectivity index (χ3v) is 3.88. The predicted molar refractivity (Wildman–Crippen MR) is 82.8 cm³/mol. The van der Waals surface area contributed by atoms with Crippen molar-refractivity contribution in [1.82, 2.24) is 0 Å². The van der Waals surface area contributed by atoms with Crippen molar-refractivity contribution in [2.75, 3.05) is 11.9 Å². The summed E-state index contributed by atoms with van der Waals surface area (Å²) in [4.78, 5) is -0.00350. The van der Waals surface area contributed by atoms with E-state index in [2.05, 4.69) is 5.32 Å². The van der Waals surface area contributed by atoms with Crippen molar-refractivity contribution < 1.29 is 21.9 Å². The lowest BCUT2D eigenvalue weighted by Crippen LogP contribution is -2.23. The van der Waals surface area contributed by atoms with Crippen molar-refractivity contribution in [2.45, 2.75) is 17.9 Å². The molecule has 0 spiro atoms. The highest BCUT2D eigenvalue weighted by molar-refractivity contribution is 7.89. The smallest absolute Gasteiger partial charge is 0.238 e. The highest BCUT2D eigenvalue weighted by Crippen LogP contribution is 2.17. The Labute approximate surface area is 133 Å². The number of rotatable bonds is 6. The van der Waals surface area contributed by atoms with Crippen LogP contribution in [0.3, 0.4) is 0 Å². The molecule has 0 aromatic heterocycles. The van der Waals surface area contributed by atoms with Gasteiger partial charge in [0.25, 0.3) is 0 Å². The summed E-state index contributed by atoms with van der Waals surface area (Å²) in [7, 11) is -3.77. The van der Waals surface area contributed by atoms with Crippen molar-refractivity contribution >= 4 is 15.7 Å². The van der Waals surface area contributed by atoms with Gasteiger partial charge in [-0.3, -0.25) is 0 Å². The number of primary sulfonamides is 1. The second-order valence-corrected chi connectivity index (χ2v) is 6.57. The fourth-order valence-corrected chi connectivity index (χ4v) is 2.44. The van der Waals surface area contributed by atoms with E-state index in [4.69, 9.17) is 9.88 Å². The number of nitrogens with two attached hydrogens (primary N) is 1. The third-order valence-electron chi connectivity index (χ3n) is 2.97. The van der Waals surface area contributed by atoms with Gasteiger partial charge in [-0.05, 0) is 37.3 Å². The summed E-state index contributed by atoms with van der Waals surface area (Å²) in [5.41, 5.74) is 0.554. The summed E-state index contributed by atoms with van der Waals surface area (Å²) in [6.45, 7) is 1.97. The first-order valence-electron chi connectivity index (χ1n) is 6.73. The van der Waals surface area contributed by atoms with E-state index in [1.807, 2.05) is 0 Å². The summed E-state index contributed by atoms with van der Waals surface area (Å²) in [6.07, 6.45) is 0. The highest BCUT2D eigenvalue weighted by atomic mass is 32.2. The van der Waals surface area contributed by atoms with Gasteiger partial charge in [-0.1, -0.05) is 6.07 Å². The Kier molecular flexibility index (Phi) is 5.17. The van der Waals surface area contributed by atoms with Gasteiger partial charge in [0.15, 0.2) is 11.6 Å². The van der Waals surface area contributed by atoms with Crippen molar-refractivity contribution in [3.8, 4) is 5.75 Å². The zero-order chi connectivity index (χ0) is 17.0. The van der Waals surface area contributed by atoms with Gasteiger partial charge in [0, 0.05) is 11.8 Å². The van der Waals surface area contributed by atoms with E-state index in [1.165, 1.54) is 18.2 Å². The second-order valence-electron chi connectivity index (χ2n) is 5.01. The molecule has 0 amide bonds. The Balaban J connectivity index is 1.97. The lowest BCUT2D eigenvalue weighted by Gasteiger charge is -2.16. The van der Waals surface area contributed by atoms with Crippen molar-refractivity contribution in [2.24, 2.45) is 5.14 Å². The third kappa shape index (κ3) is 4.90. The Morgan fingerprint density at radius 1 is 1.17 bits per heavy atom. The first kappa shape index (κ1) is 17.2. The molecule has 3 N–H and O–H groups in total. The molecule has 1 atom stereocenters. The number of halogens is 2. The molecule has 124 valence electrons. The fraction of sp³-hybridized carbons (Fsp3) is 0.200. The average Bonchev–Trinajstić information content (AvgIpc) is 2.48. The van der Waals surface area contributed by atoms with Gasteiger partial charge in [0.1, 0.15) is 12.4 Å². The molecule has 2 rings (SSSR count). The SMILES string of the molecule is C[C@H](COc1ccc(F)c(F)c1)Nc1cccc(S(N)(=O)=O)c1. The monoisotopic (exact) mass is 342 g/mol. The predicted octanol–water partition coefficient (Wildman–Crippen LogP) is 2.49. The normalized spacial score (nSPS) is 12.7. The van der Waals surface area contributed by atoms with Crippen LogP contribution in [0, 0.1) is 11.6 Å². The van der Waals surface area contributed by atoms with E-state index in [0.717, 1.165) is 12.1 Å². The molecule has 2 aromatic carbocycles. The van der Waals surface area contributed by atoms with Crippen LogP contribution in [0.5, 0.6) is 5.75 Å². The molecule has 0 aliphatic rings. The minimum absolute atomic E-state index is 0.00350. The van der Waals surface area contributed by atoms with Gasteiger partial charge in [0.2, 0.25) is 10.0 Å². The van der Waals surface area contributed by atoms with Gasteiger partial charge in [-0.15, -0.1) is 0 Å². The molecule has 0 heterocycles. The van der Waals surface area contributed by atoms with Crippen LogP contribution in [0.1, 0.15) is 6.92 Å². The summed E-state index contributed by atoms with van der Waals surface area (Å²) in [5.74, 6) is -1.72. The zero-order valence-electron chi connectivity index (χ0n) is 12.3. The quantitative estimate of drug-likeness (QED) is 0.845. The maximum absolute atomic E-state index is 13.1. The lowest BCUT2D eigenvalue weighted by atomic mass is 10.2. The molecule has 0 unspecified atom stereocenters. The van der Waals surface area contributed by atoms with E-state index in [0.29, 0.717) is 5.69 Å². The Morgan fingerprint density at radius 2 is 1.91 bits per heavy atom. The van der Waals surface area contributed by atoms with Crippen molar-refractivity contribution in [3.05, 3.63) is 54.1 Å². The minimum atomic E-state index is -3.77. The van der Waals surface area contributed by atoms with E-state index in [-0.39, 0.29) is 23.3 Å². The van der Waals surface area contributed by atoms with E-state index in [1.54, 1.807) is 19.1 Å². The Hall–Kier alpha value is -2.19. The van der Waals surface area contributed by atoms with Gasteiger partial charge in [-0.2, -0.15) is 0 Å². The molecule has 5 nitrogen and oxygen atoms in total. The van der Waals surface area contributed by atoms with Gasteiger partial charge in [-0.25, -0.2) is 22.3 Å². The molecule has 0 bridgehead atoms. The Bertz CT molecular complexity index is 797. The van der Waals surface area contributed by atoms with Crippen LogP contribution in [0.2, 0.25) is 0 Å². The molecule has 2 aromatic rings. The molecule has 0 saturated heterocycles. The topological polar surface area (TPSA) is 81.4 Å². The number of ether oxygens (including phenoxy) is 1. The van der Waals surface area contributed by atoms with Crippen molar-refractivity contribution in [3.63, 3.8) is 0 Å². The Morgan fingerprint density at radius 3 is 2.57 bits per heavy atom. The molecule has 0 saturated carbocycles. The standard InChI is InChI=1S/C15H16F2N2O3S/c1-10(9-22-12-5-6-14(16)15(17)8-12)19-11-3-2-4-13(7-11)23(18,20)21/h2-8,10,19H,9H2,1H3,(H2,18,20,21)/t10-/m1/s1. The minimum Gasteiger partial charge on any atom is -0.491 e. The van der Waals surface area contributed by atoms with Crippen LogP contribution in [0.4, 0.5) is 14.5 Å². The molecule has 0 aliphatic carbocycles. The van der Waals surface area contributed by atoms with Gasteiger partial charge in [0.05, 0.1) is 10.9 Å². The number of hydrogen-bond donors (Lipinski definition) is 2. The first-order chi connectivity index (χ1) is 10.8. The maximum Gasteiger partial charge on any atom is 0.238 e. The number of nitrogens with one attached hydrogen (secondary N) is 1. The average molecular weight is 342 g/mol. The van der Waals surface area contributed by atoms with Gasteiger partial charge >= 0.3 is 0 Å². The lowest BCUT2D eigenvalue weighted by molar-refractivity contribution is 0.301. The van der Waals surface area contributed by atoms with Crippen LogP contribution in [0.25, 0.3) is 0 Å². The molecule has 0 radical (unpaired) electrons. The van der Waals surface area contributed by atoms with Crippen LogP contribution in [-0.2, 0) is 10.0 Å². The first-order valence-corrected chi connectivity index (χ1v) is 8.27. The fourth-order valence-electron chi connectivity index (χ4n) is 1.88. The van der Waals surface area contributed by atoms with E-state index < -0.39 is 21.7 Å². The zero-order valence-corrected chi connectivity index (χ0v) is 13.1. The van der Waals surface area contributed by atoms with Gasteiger partial charge < -0.3 is 10.1 Å². The highest BCUT2D eigenvalue weighted by Gasteiger charge is 2.10. The number of benzene rings is 2. The largest absolute Gasteiger partial charge is 0.491 e. The van der Waals surface area contributed by atoms with E-state index >= 15 is 0 Å². The molecular formula is C15H16F2N2O3S. The summed E-state index contributed by atoms with van der Waals surface area (Å²) in [6, 6.07) is 9.10. The van der Waals surface area contributed by atoms with Crippen LogP contribution in [0.15, 0.2) is 47.4 Å². The number of sulfonamides is 1. The van der Waals surface area contributed by atoms with Crippen molar-refractivity contribution in [1.29, 1.82) is 0 Å². The molecule has 23 heavy (non-hydrogen) atoms. The molecular weight excluding hydrogens is 326 g/mol. The number of hydrogen-bond acceptors (Lipinski definition) is 4. The van der Waals surface area contributed by atoms with E-state index in [9.17, 15) is 17.2 Å².